The fourth-order valence-corrected chi connectivity index (χ4v) is 2.01. The third-order valence-corrected chi connectivity index (χ3v) is 3.20. The van der Waals surface area contributed by atoms with E-state index in [2.05, 4.69) is 41.6 Å². The Morgan fingerprint density at radius 2 is 2.06 bits per heavy atom. The third-order valence-electron chi connectivity index (χ3n) is 3.20. The highest BCUT2D eigenvalue weighted by molar-refractivity contribution is 5.75. The first-order chi connectivity index (χ1) is 8.26. The van der Waals surface area contributed by atoms with Crippen molar-refractivity contribution in [1.29, 1.82) is 0 Å². The molecular weight excluding hydrogens is 248 g/mol. The minimum absolute atomic E-state index is 0. The highest BCUT2D eigenvalue weighted by atomic mass is 35.5. The maximum atomic E-state index is 5.23. The molecule has 0 radical (unpaired) electrons. The molecule has 0 saturated heterocycles. The Hall–Kier alpha value is -1.06. The van der Waals surface area contributed by atoms with Crippen LogP contribution in [0.4, 0.5) is 0 Å². The van der Waals surface area contributed by atoms with Crippen molar-refractivity contribution >= 4 is 11.0 Å². The first kappa shape index (κ1) is 15.0. The molecular formula is C14H20ClN2O-. The Morgan fingerprint density at radius 1 is 1.33 bits per heavy atom. The first-order valence-corrected chi connectivity index (χ1v) is 6.19. The average Bonchev–Trinajstić information content (AvgIpc) is 2.68. The van der Waals surface area contributed by atoms with Gasteiger partial charge in [0.15, 0.2) is 0 Å². The Labute approximate surface area is 115 Å². The summed E-state index contributed by atoms with van der Waals surface area (Å²) in [5.41, 5.74) is 2.27. The molecule has 18 heavy (non-hydrogen) atoms. The molecule has 0 fully saturated rings. The molecule has 2 aromatic rings. The zero-order chi connectivity index (χ0) is 12.3. The van der Waals surface area contributed by atoms with Gasteiger partial charge in [-0.1, -0.05) is 32.4 Å². The van der Waals surface area contributed by atoms with Crippen molar-refractivity contribution in [1.82, 2.24) is 9.55 Å². The summed E-state index contributed by atoms with van der Waals surface area (Å²) in [6.07, 6.45) is 1.18. The van der Waals surface area contributed by atoms with Gasteiger partial charge in [-0.15, -0.1) is 0 Å². The fraction of sp³-hybridized carbons (Fsp3) is 0.500. The molecule has 1 heterocycles. The summed E-state index contributed by atoms with van der Waals surface area (Å²) < 4.78 is 7.51. The van der Waals surface area contributed by atoms with E-state index in [9.17, 15) is 0 Å². The van der Waals surface area contributed by atoms with E-state index < -0.39 is 0 Å². The number of ether oxygens (including phenoxy) is 1. The van der Waals surface area contributed by atoms with Crippen LogP contribution < -0.4 is 12.4 Å². The standard InChI is InChI=1S/C14H20N2O.ClH/c1-4-11(2)9-16-13-8-6-5-7-12(13)15-14(16)10-17-3;/h5-8,11H,4,9-10H2,1-3H3;1H/p-1. The van der Waals surface area contributed by atoms with Crippen LogP contribution in [0.2, 0.25) is 0 Å². The van der Waals surface area contributed by atoms with Crippen LogP contribution in [-0.2, 0) is 17.9 Å². The number of para-hydroxylation sites is 2. The van der Waals surface area contributed by atoms with Gasteiger partial charge in [0.05, 0.1) is 11.0 Å². The number of hydrogen-bond donors (Lipinski definition) is 0. The number of aromatic nitrogens is 2. The van der Waals surface area contributed by atoms with E-state index in [0.717, 1.165) is 17.9 Å². The van der Waals surface area contributed by atoms with Crippen LogP contribution in [0, 0.1) is 5.92 Å². The Morgan fingerprint density at radius 3 is 2.72 bits per heavy atom. The molecule has 0 aliphatic rings. The van der Waals surface area contributed by atoms with Crippen LogP contribution in [0.25, 0.3) is 11.0 Å². The first-order valence-electron chi connectivity index (χ1n) is 6.19. The molecule has 0 amide bonds. The number of hydrogen-bond acceptors (Lipinski definition) is 2. The van der Waals surface area contributed by atoms with Crippen molar-refractivity contribution in [2.24, 2.45) is 5.92 Å². The molecule has 4 heteroatoms. The zero-order valence-corrected chi connectivity index (χ0v) is 11.9. The van der Waals surface area contributed by atoms with E-state index >= 15 is 0 Å². The minimum atomic E-state index is 0. The molecule has 100 valence electrons. The molecule has 0 spiro atoms. The summed E-state index contributed by atoms with van der Waals surface area (Å²) >= 11 is 0. The van der Waals surface area contributed by atoms with Gasteiger partial charge in [-0.05, 0) is 18.1 Å². The number of methoxy groups -OCH3 is 1. The van der Waals surface area contributed by atoms with Crippen LogP contribution in [-0.4, -0.2) is 16.7 Å². The number of benzene rings is 1. The molecule has 2 rings (SSSR count). The topological polar surface area (TPSA) is 27.1 Å². The highest BCUT2D eigenvalue weighted by Gasteiger charge is 2.11. The predicted octanol–water partition coefficient (Wildman–Crippen LogP) is 0.233. The van der Waals surface area contributed by atoms with Gasteiger partial charge in [0.25, 0.3) is 0 Å². The van der Waals surface area contributed by atoms with Crippen molar-refractivity contribution in [3.8, 4) is 0 Å². The summed E-state index contributed by atoms with van der Waals surface area (Å²) in [6, 6.07) is 8.28. The van der Waals surface area contributed by atoms with Crippen molar-refractivity contribution < 1.29 is 17.1 Å². The van der Waals surface area contributed by atoms with Gasteiger partial charge in [-0.25, -0.2) is 4.98 Å². The molecule has 0 bridgehead atoms. The van der Waals surface area contributed by atoms with Gasteiger partial charge in [0.1, 0.15) is 12.4 Å². The summed E-state index contributed by atoms with van der Waals surface area (Å²) in [7, 11) is 1.72. The maximum absolute atomic E-state index is 5.23. The minimum Gasteiger partial charge on any atom is -1.00 e. The van der Waals surface area contributed by atoms with Crippen LogP contribution in [0.1, 0.15) is 26.1 Å². The van der Waals surface area contributed by atoms with Crippen molar-refractivity contribution in [2.45, 2.75) is 33.4 Å². The SMILES string of the molecule is CCC(C)Cn1c(COC)nc2ccccc21.[Cl-]. The van der Waals surface area contributed by atoms with Crippen LogP contribution >= 0.6 is 0 Å². The van der Waals surface area contributed by atoms with Crippen molar-refractivity contribution in [2.75, 3.05) is 7.11 Å². The lowest BCUT2D eigenvalue weighted by Crippen LogP contribution is -3.00. The van der Waals surface area contributed by atoms with Crippen molar-refractivity contribution in [3.63, 3.8) is 0 Å². The summed E-state index contributed by atoms with van der Waals surface area (Å²) in [6.45, 7) is 6.08. The molecule has 0 aliphatic carbocycles. The lowest BCUT2D eigenvalue weighted by molar-refractivity contribution is -0.00000399. The predicted molar refractivity (Wildman–Crippen MR) is 69.9 cm³/mol. The van der Waals surface area contributed by atoms with E-state index in [0.29, 0.717) is 12.5 Å². The van der Waals surface area contributed by atoms with Gasteiger partial charge < -0.3 is 21.7 Å². The van der Waals surface area contributed by atoms with Gasteiger partial charge in [-0.3, -0.25) is 0 Å². The lowest BCUT2D eigenvalue weighted by atomic mass is 10.1. The Balaban J connectivity index is 0.00000162. The van der Waals surface area contributed by atoms with Gasteiger partial charge in [-0.2, -0.15) is 0 Å². The largest absolute Gasteiger partial charge is 1.00 e. The number of rotatable bonds is 5. The Bertz CT molecular complexity index is 495. The number of imidazole rings is 1. The van der Waals surface area contributed by atoms with E-state index in [1.807, 2.05) is 6.07 Å². The summed E-state index contributed by atoms with van der Waals surface area (Å²) in [5, 5.41) is 0. The summed E-state index contributed by atoms with van der Waals surface area (Å²) in [4.78, 5) is 4.63. The highest BCUT2D eigenvalue weighted by Crippen LogP contribution is 2.19. The lowest BCUT2D eigenvalue weighted by Gasteiger charge is -2.13. The molecule has 1 unspecified atom stereocenters. The number of nitrogens with zero attached hydrogens (tertiary/aromatic N) is 2. The van der Waals surface area contributed by atoms with E-state index in [1.54, 1.807) is 7.11 Å². The monoisotopic (exact) mass is 267 g/mol. The van der Waals surface area contributed by atoms with Gasteiger partial charge in [0, 0.05) is 13.7 Å². The van der Waals surface area contributed by atoms with E-state index in [-0.39, 0.29) is 12.4 Å². The second kappa shape index (κ2) is 6.76. The third kappa shape index (κ3) is 3.03. The van der Waals surface area contributed by atoms with Gasteiger partial charge in [0.2, 0.25) is 0 Å². The number of halogens is 1. The van der Waals surface area contributed by atoms with Gasteiger partial charge >= 0.3 is 0 Å². The smallest absolute Gasteiger partial charge is 0.135 e. The molecule has 1 aromatic heterocycles. The molecule has 0 saturated carbocycles. The normalized spacial score (nSPS) is 12.4. The van der Waals surface area contributed by atoms with Crippen LogP contribution in [0.15, 0.2) is 24.3 Å². The van der Waals surface area contributed by atoms with E-state index in [1.165, 1.54) is 11.9 Å². The van der Waals surface area contributed by atoms with Crippen molar-refractivity contribution in [3.05, 3.63) is 30.1 Å². The Kier molecular flexibility index (Phi) is 5.63. The summed E-state index contributed by atoms with van der Waals surface area (Å²) in [5.74, 6) is 1.68. The maximum Gasteiger partial charge on any atom is 0.135 e. The van der Waals surface area contributed by atoms with Crippen LogP contribution in [0.3, 0.4) is 0 Å². The number of fused-ring (bicyclic) bond motifs is 1. The molecule has 0 aliphatic heterocycles. The molecule has 0 N–H and O–H groups in total. The fourth-order valence-electron chi connectivity index (χ4n) is 2.01. The molecule has 3 nitrogen and oxygen atoms in total. The second-order valence-electron chi connectivity index (χ2n) is 4.57. The average molecular weight is 268 g/mol. The zero-order valence-electron chi connectivity index (χ0n) is 11.2. The van der Waals surface area contributed by atoms with Crippen LogP contribution in [0.5, 0.6) is 0 Å². The molecule has 1 atom stereocenters. The quantitative estimate of drug-likeness (QED) is 0.776. The van der Waals surface area contributed by atoms with E-state index in [4.69, 9.17) is 4.74 Å². The molecule has 1 aromatic carbocycles. The second-order valence-corrected chi connectivity index (χ2v) is 4.57.